The summed E-state index contributed by atoms with van der Waals surface area (Å²) in [5, 5.41) is 13.1. The number of aryl methyl sites for hydroxylation is 1. The van der Waals surface area contributed by atoms with Crippen molar-refractivity contribution in [1.29, 1.82) is 0 Å². The van der Waals surface area contributed by atoms with Gasteiger partial charge in [-0.15, -0.1) is 11.3 Å². The molecule has 1 atom stereocenters. The number of amides is 1. The summed E-state index contributed by atoms with van der Waals surface area (Å²) in [6, 6.07) is 4.71. The number of hydrogen-bond donors (Lipinski definition) is 2. The first-order chi connectivity index (χ1) is 12.5. The predicted molar refractivity (Wildman–Crippen MR) is 96.6 cm³/mol. The Labute approximate surface area is 157 Å². The molecule has 6 nitrogen and oxygen atoms in total. The van der Waals surface area contributed by atoms with Crippen LogP contribution in [0.5, 0.6) is 0 Å². The number of benzene rings is 1. The van der Waals surface area contributed by atoms with Crippen LogP contribution >= 0.6 is 22.9 Å². The summed E-state index contributed by atoms with van der Waals surface area (Å²) < 4.78 is 13.0. The average molecular weight is 393 g/mol. The van der Waals surface area contributed by atoms with E-state index in [0.717, 1.165) is 18.1 Å². The highest BCUT2D eigenvalue weighted by molar-refractivity contribution is 7.09. The first-order valence-corrected chi connectivity index (χ1v) is 8.85. The maximum atomic E-state index is 13.0. The number of thiazole rings is 1. The SMILES string of the molecule is Cc1ncsc1C(O)CNC(=O)c1cc(-c2ncc(F)cn2)ccc1Cl. The number of aliphatic hydroxyl groups excluding tert-OH is 1. The fourth-order valence-electron chi connectivity index (χ4n) is 2.31. The Balaban J connectivity index is 1.75. The van der Waals surface area contributed by atoms with Crippen LogP contribution in [-0.4, -0.2) is 32.5 Å². The van der Waals surface area contributed by atoms with Gasteiger partial charge in [-0.3, -0.25) is 4.79 Å². The number of rotatable bonds is 5. The van der Waals surface area contributed by atoms with Crippen molar-refractivity contribution in [1.82, 2.24) is 20.3 Å². The van der Waals surface area contributed by atoms with Gasteiger partial charge in [0.15, 0.2) is 11.6 Å². The molecule has 0 fully saturated rings. The van der Waals surface area contributed by atoms with Crippen LogP contribution < -0.4 is 5.32 Å². The third-order valence-electron chi connectivity index (χ3n) is 3.63. The molecule has 2 heterocycles. The number of aliphatic hydroxyl groups is 1. The molecule has 26 heavy (non-hydrogen) atoms. The monoisotopic (exact) mass is 392 g/mol. The molecule has 0 saturated carbocycles. The number of hydrogen-bond acceptors (Lipinski definition) is 6. The molecule has 1 unspecified atom stereocenters. The summed E-state index contributed by atoms with van der Waals surface area (Å²) in [6.07, 6.45) is 1.24. The van der Waals surface area contributed by atoms with Crippen molar-refractivity contribution in [2.75, 3.05) is 6.54 Å². The number of nitrogens with zero attached hydrogens (tertiary/aromatic N) is 3. The second-order valence-electron chi connectivity index (χ2n) is 5.45. The second-order valence-corrected chi connectivity index (χ2v) is 6.74. The number of carbonyl (C=O) groups is 1. The van der Waals surface area contributed by atoms with Crippen LogP contribution in [0.2, 0.25) is 5.02 Å². The van der Waals surface area contributed by atoms with E-state index < -0.39 is 17.8 Å². The molecular weight excluding hydrogens is 379 g/mol. The highest BCUT2D eigenvalue weighted by Crippen LogP contribution is 2.24. The molecule has 0 bridgehead atoms. The van der Waals surface area contributed by atoms with Gasteiger partial charge in [0.1, 0.15) is 6.10 Å². The van der Waals surface area contributed by atoms with Gasteiger partial charge >= 0.3 is 0 Å². The van der Waals surface area contributed by atoms with E-state index in [1.54, 1.807) is 24.6 Å². The highest BCUT2D eigenvalue weighted by atomic mass is 35.5. The maximum Gasteiger partial charge on any atom is 0.252 e. The van der Waals surface area contributed by atoms with Gasteiger partial charge in [0, 0.05) is 12.1 Å². The van der Waals surface area contributed by atoms with Gasteiger partial charge < -0.3 is 10.4 Å². The quantitative estimate of drug-likeness (QED) is 0.696. The molecule has 0 spiro atoms. The lowest BCUT2D eigenvalue weighted by molar-refractivity contribution is 0.0917. The lowest BCUT2D eigenvalue weighted by Gasteiger charge is -2.12. The van der Waals surface area contributed by atoms with E-state index in [4.69, 9.17) is 11.6 Å². The third kappa shape index (κ3) is 4.04. The molecule has 1 aromatic carbocycles. The number of aromatic nitrogens is 3. The molecular formula is C17H14ClFN4O2S. The smallest absolute Gasteiger partial charge is 0.252 e. The van der Waals surface area contributed by atoms with Crippen molar-refractivity contribution in [2.24, 2.45) is 0 Å². The minimum atomic E-state index is -0.853. The Kier molecular flexibility index (Phi) is 5.55. The number of carbonyl (C=O) groups excluding carboxylic acids is 1. The van der Waals surface area contributed by atoms with Crippen molar-refractivity contribution >= 4 is 28.8 Å². The molecule has 0 aliphatic carbocycles. The third-order valence-corrected chi connectivity index (χ3v) is 4.99. The van der Waals surface area contributed by atoms with E-state index in [9.17, 15) is 14.3 Å². The van der Waals surface area contributed by atoms with Crippen LogP contribution in [0.25, 0.3) is 11.4 Å². The number of nitrogens with one attached hydrogen (secondary N) is 1. The van der Waals surface area contributed by atoms with E-state index in [1.807, 2.05) is 0 Å². The molecule has 0 radical (unpaired) electrons. The zero-order chi connectivity index (χ0) is 18.7. The van der Waals surface area contributed by atoms with Crippen molar-refractivity contribution in [3.63, 3.8) is 0 Å². The Morgan fingerprint density at radius 3 is 2.73 bits per heavy atom. The van der Waals surface area contributed by atoms with Crippen LogP contribution in [0.1, 0.15) is 27.0 Å². The molecule has 1 amide bonds. The Morgan fingerprint density at radius 1 is 1.35 bits per heavy atom. The fraction of sp³-hybridized carbons (Fsp3) is 0.176. The van der Waals surface area contributed by atoms with Crippen molar-refractivity contribution < 1.29 is 14.3 Å². The molecule has 0 aliphatic rings. The van der Waals surface area contributed by atoms with E-state index in [-0.39, 0.29) is 23.0 Å². The second kappa shape index (κ2) is 7.86. The molecule has 3 aromatic rings. The van der Waals surface area contributed by atoms with Gasteiger partial charge in [0.05, 0.1) is 39.1 Å². The lowest BCUT2D eigenvalue weighted by atomic mass is 10.1. The summed E-state index contributed by atoms with van der Waals surface area (Å²) in [6.45, 7) is 1.81. The predicted octanol–water partition coefficient (Wildman–Crippen LogP) is 3.16. The standard InChI is InChI=1S/C17H14ClFN4O2S/c1-9-15(26-8-23-9)14(24)7-22-17(25)12-4-10(2-3-13(12)18)16-20-5-11(19)6-21-16/h2-6,8,14,24H,7H2,1H3,(H,22,25). The maximum absolute atomic E-state index is 13.0. The van der Waals surface area contributed by atoms with Crippen LogP contribution in [-0.2, 0) is 0 Å². The van der Waals surface area contributed by atoms with E-state index >= 15 is 0 Å². The van der Waals surface area contributed by atoms with E-state index in [0.29, 0.717) is 10.4 Å². The van der Waals surface area contributed by atoms with Crippen LogP contribution in [0.15, 0.2) is 36.1 Å². The average Bonchev–Trinajstić information content (AvgIpc) is 3.06. The molecule has 3 rings (SSSR count). The van der Waals surface area contributed by atoms with Crippen LogP contribution in [0, 0.1) is 12.7 Å². The Morgan fingerprint density at radius 2 is 2.08 bits per heavy atom. The van der Waals surface area contributed by atoms with E-state index in [2.05, 4.69) is 20.3 Å². The van der Waals surface area contributed by atoms with E-state index in [1.165, 1.54) is 17.4 Å². The Bertz CT molecular complexity index is 933. The number of halogens is 2. The molecule has 2 aromatic heterocycles. The molecule has 2 N–H and O–H groups in total. The van der Waals surface area contributed by atoms with Gasteiger partial charge in [-0.1, -0.05) is 11.6 Å². The normalized spacial score (nSPS) is 12.0. The first kappa shape index (κ1) is 18.4. The summed E-state index contributed by atoms with van der Waals surface area (Å²) in [5.74, 6) is -0.717. The highest BCUT2D eigenvalue weighted by Gasteiger charge is 2.17. The minimum absolute atomic E-state index is 0.0233. The largest absolute Gasteiger partial charge is 0.386 e. The van der Waals surface area contributed by atoms with Crippen molar-refractivity contribution in [3.05, 3.63) is 63.1 Å². The summed E-state index contributed by atoms with van der Waals surface area (Å²) >= 11 is 7.44. The van der Waals surface area contributed by atoms with Crippen LogP contribution in [0.3, 0.4) is 0 Å². The molecule has 0 aliphatic heterocycles. The topological polar surface area (TPSA) is 88.0 Å². The lowest BCUT2D eigenvalue weighted by Crippen LogP contribution is -2.28. The summed E-state index contributed by atoms with van der Waals surface area (Å²) in [7, 11) is 0. The van der Waals surface area contributed by atoms with Crippen molar-refractivity contribution in [3.8, 4) is 11.4 Å². The van der Waals surface area contributed by atoms with Crippen molar-refractivity contribution in [2.45, 2.75) is 13.0 Å². The fourth-order valence-corrected chi connectivity index (χ4v) is 3.30. The van der Waals surface area contributed by atoms with Crippen LogP contribution in [0.4, 0.5) is 4.39 Å². The molecule has 134 valence electrons. The first-order valence-electron chi connectivity index (χ1n) is 7.59. The Hall–Kier alpha value is -2.42. The van der Waals surface area contributed by atoms with Gasteiger partial charge in [0.2, 0.25) is 0 Å². The summed E-state index contributed by atoms with van der Waals surface area (Å²) in [5.41, 5.74) is 3.10. The zero-order valence-electron chi connectivity index (χ0n) is 13.6. The van der Waals surface area contributed by atoms with Gasteiger partial charge in [-0.25, -0.2) is 19.3 Å². The van der Waals surface area contributed by atoms with Gasteiger partial charge in [0.25, 0.3) is 5.91 Å². The minimum Gasteiger partial charge on any atom is -0.386 e. The van der Waals surface area contributed by atoms with Gasteiger partial charge in [-0.2, -0.15) is 0 Å². The van der Waals surface area contributed by atoms with Gasteiger partial charge in [-0.05, 0) is 25.1 Å². The molecule has 9 heteroatoms. The summed E-state index contributed by atoms with van der Waals surface area (Å²) in [4.78, 5) is 25.0. The zero-order valence-corrected chi connectivity index (χ0v) is 15.2. The molecule has 0 saturated heterocycles.